The number of rotatable bonds is 1. The summed E-state index contributed by atoms with van der Waals surface area (Å²) in [6.45, 7) is 3.87. The highest BCUT2D eigenvalue weighted by molar-refractivity contribution is 5.83. The number of aryl methyl sites for hydroxylation is 1. The van der Waals surface area contributed by atoms with Crippen LogP contribution in [0.5, 0.6) is 0 Å². The highest BCUT2D eigenvalue weighted by Gasteiger charge is 2.21. The van der Waals surface area contributed by atoms with Crippen molar-refractivity contribution >= 4 is 10.9 Å². The molecular formula is C12H13NO. The zero-order valence-corrected chi connectivity index (χ0v) is 8.23. The molecule has 1 saturated heterocycles. The van der Waals surface area contributed by atoms with E-state index < -0.39 is 0 Å². The molecule has 72 valence electrons. The lowest BCUT2D eigenvalue weighted by Crippen LogP contribution is -2.29. The number of hydrogen-bond donors (Lipinski definition) is 0. The van der Waals surface area contributed by atoms with Crippen LogP contribution in [-0.2, 0) is 4.74 Å². The van der Waals surface area contributed by atoms with Gasteiger partial charge in [0.15, 0.2) is 0 Å². The van der Waals surface area contributed by atoms with Gasteiger partial charge in [0.25, 0.3) is 0 Å². The molecule has 0 saturated carbocycles. The molecule has 0 aliphatic carbocycles. The summed E-state index contributed by atoms with van der Waals surface area (Å²) in [4.78, 5) is 0. The summed E-state index contributed by atoms with van der Waals surface area (Å²) in [7, 11) is 0. The van der Waals surface area contributed by atoms with Crippen LogP contribution < -0.4 is 0 Å². The largest absolute Gasteiger partial charge is 0.377 e. The van der Waals surface area contributed by atoms with Gasteiger partial charge in [-0.25, -0.2) is 0 Å². The Morgan fingerprint density at radius 1 is 1.29 bits per heavy atom. The first kappa shape index (κ1) is 8.06. The summed E-state index contributed by atoms with van der Waals surface area (Å²) in [5.74, 6) is 0. The summed E-state index contributed by atoms with van der Waals surface area (Å²) >= 11 is 0. The van der Waals surface area contributed by atoms with E-state index in [9.17, 15) is 0 Å². The fourth-order valence-electron chi connectivity index (χ4n) is 2.04. The van der Waals surface area contributed by atoms with Gasteiger partial charge >= 0.3 is 0 Å². The van der Waals surface area contributed by atoms with Crippen molar-refractivity contribution in [2.75, 3.05) is 13.2 Å². The average molecular weight is 187 g/mol. The average Bonchev–Trinajstić information content (AvgIpc) is 2.48. The van der Waals surface area contributed by atoms with E-state index in [1.165, 1.54) is 16.5 Å². The van der Waals surface area contributed by atoms with Gasteiger partial charge in [-0.2, -0.15) is 0 Å². The lowest BCUT2D eigenvalue weighted by atomic mass is 10.1. The molecule has 0 radical (unpaired) electrons. The van der Waals surface area contributed by atoms with Crippen molar-refractivity contribution in [1.82, 2.24) is 4.57 Å². The quantitative estimate of drug-likeness (QED) is 0.669. The van der Waals surface area contributed by atoms with Crippen LogP contribution in [-0.4, -0.2) is 17.8 Å². The number of fused-ring (bicyclic) bond motifs is 1. The van der Waals surface area contributed by atoms with Crippen LogP contribution in [0.4, 0.5) is 0 Å². The number of hydrogen-bond acceptors (Lipinski definition) is 1. The SMILES string of the molecule is Cc1cccc2c1ccn2C1COC1. The predicted octanol–water partition coefficient (Wildman–Crippen LogP) is 2.52. The molecule has 1 aliphatic rings. The van der Waals surface area contributed by atoms with E-state index in [1.54, 1.807) is 0 Å². The minimum atomic E-state index is 0.550. The first-order valence-electron chi connectivity index (χ1n) is 5.00. The van der Waals surface area contributed by atoms with Crippen LogP contribution in [0.25, 0.3) is 10.9 Å². The molecule has 1 aromatic carbocycles. The van der Waals surface area contributed by atoms with E-state index in [0.29, 0.717) is 6.04 Å². The van der Waals surface area contributed by atoms with Crippen molar-refractivity contribution in [3.63, 3.8) is 0 Å². The van der Waals surface area contributed by atoms with E-state index in [4.69, 9.17) is 4.74 Å². The van der Waals surface area contributed by atoms with Gasteiger partial charge in [0.1, 0.15) is 0 Å². The first-order chi connectivity index (χ1) is 6.86. The van der Waals surface area contributed by atoms with Gasteiger partial charge in [-0.15, -0.1) is 0 Å². The normalized spacial score (nSPS) is 17.2. The Labute approximate surface area is 83.1 Å². The van der Waals surface area contributed by atoms with Crippen molar-refractivity contribution in [2.24, 2.45) is 0 Å². The van der Waals surface area contributed by atoms with Gasteiger partial charge in [0.2, 0.25) is 0 Å². The van der Waals surface area contributed by atoms with Crippen molar-refractivity contribution in [3.8, 4) is 0 Å². The summed E-state index contributed by atoms with van der Waals surface area (Å²) in [5.41, 5.74) is 2.68. The molecule has 1 aliphatic heterocycles. The Bertz CT molecular complexity index is 468. The second kappa shape index (κ2) is 2.85. The minimum Gasteiger partial charge on any atom is -0.377 e. The Morgan fingerprint density at radius 3 is 2.86 bits per heavy atom. The van der Waals surface area contributed by atoms with Crippen LogP contribution in [0.3, 0.4) is 0 Å². The molecule has 2 aromatic rings. The van der Waals surface area contributed by atoms with Crippen molar-refractivity contribution < 1.29 is 4.74 Å². The van der Waals surface area contributed by atoms with Gasteiger partial charge in [-0.05, 0) is 24.6 Å². The fraction of sp³-hybridized carbons (Fsp3) is 0.333. The third-order valence-corrected chi connectivity index (χ3v) is 2.99. The zero-order chi connectivity index (χ0) is 9.54. The summed E-state index contributed by atoms with van der Waals surface area (Å²) in [6.07, 6.45) is 2.17. The molecule has 0 amide bonds. The molecule has 2 nitrogen and oxygen atoms in total. The van der Waals surface area contributed by atoms with Crippen LogP contribution in [0.1, 0.15) is 11.6 Å². The molecular weight excluding hydrogens is 174 g/mol. The fourth-order valence-corrected chi connectivity index (χ4v) is 2.04. The van der Waals surface area contributed by atoms with Gasteiger partial charge in [-0.1, -0.05) is 12.1 Å². The standard InChI is InChI=1S/C12H13NO/c1-9-3-2-4-12-11(9)5-6-13(12)10-7-14-8-10/h2-6,10H,7-8H2,1H3. The molecule has 1 aromatic heterocycles. The Balaban J connectivity index is 2.20. The lowest BCUT2D eigenvalue weighted by molar-refractivity contribution is -0.0213. The highest BCUT2D eigenvalue weighted by atomic mass is 16.5. The van der Waals surface area contributed by atoms with Crippen LogP contribution in [0.15, 0.2) is 30.5 Å². The second-order valence-corrected chi connectivity index (χ2v) is 3.92. The summed E-state index contributed by atoms with van der Waals surface area (Å²) in [6, 6.07) is 9.20. The predicted molar refractivity (Wildman–Crippen MR) is 56.5 cm³/mol. The second-order valence-electron chi connectivity index (χ2n) is 3.92. The molecule has 2 heterocycles. The van der Waals surface area contributed by atoms with Crippen molar-refractivity contribution in [1.29, 1.82) is 0 Å². The summed E-state index contributed by atoms with van der Waals surface area (Å²) in [5, 5.41) is 1.36. The third-order valence-electron chi connectivity index (χ3n) is 2.99. The molecule has 14 heavy (non-hydrogen) atoms. The molecule has 3 rings (SSSR count). The van der Waals surface area contributed by atoms with Gasteiger partial charge in [0.05, 0.1) is 19.3 Å². The Hall–Kier alpha value is -1.28. The Kier molecular flexibility index (Phi) is 1.64. The number of nitrogens with zero attached hydrogens (tertiary/aromatic N) is 1. The lowest BCUT2D eigenvalue weighted by Gasteiger charge is -2.28. The summed E-state index contributed by atoms with van der Waals surface area (Å²) < 4.78 is 7.54. The van der Waals surface area contributed by atoms with Crippen LogP contribution >= 0.6 is 0 Å². The molecule has 1 fully saturated rings. The Morgan fingerprint density at radius 2 is 2.14 bits per heavy atom. The number of benzene rings is 1. The van der Waals surface area contributed by atoms with E-state index in [2.05, 4.69) is 42.0 Å². The maximum atomic E-state index is 5.22. The molecule has 0 N–H and O–H groups in total. The molecule has 0 spiro atoms. The number of ether oxygens (including phenoxy) is 1. The van der Waals surface area contributed by atoms with Gasteiger partial charge in [0, 0.05) is 17.1 Å². The first-order valence-corrected chi connectivity index (χ1v) is 5.00. The maximum Gasteiger partial charge on any atom is 0.0803 e. The van der Waals surface area contributed by atoms with Crippen LogP contribution in [0.2, 0.25) is 0 Å². The van der Waals surface area contributed by atoms with E-state index >= 15 is 0 Å². The van der Waals surface area contributed by atoms with Gasteiger partial charge < -0.3 is 9.30 Å². The van der Waals surface area contributed by atoms with Crippen molar-refractivity contribution in [3.05, 3.63) is 36.0 Å². The zero-order valence-electron chi connectivity index (χ0n) is 8.23. The molecule has 0 unspecified atom stereocenters. The van der Waals surface area contributed by atoms with Crippen molar-refractivity contribution in [2.45, 2.75) is 13.0 Å². The van der Waals surface area contributed by atoms with E-state index in [0.717, 1.165) is 13.2 Å². The van der Waals surface area contributed by atoms with Gasteiger partial charge in [-0.3, -0.25) is 0 Å². The minimum absolute atomic E-state index is 0.550. The smallest absolute Gasteiger partial charge is 0.0803 e. The topological polar surface area (TPSA) is 14.2 Å². The third kappa shape index (κ3) is 1.01. The maximum absolute atomic E-state index is 5.22. The molecule has 0 atom stereocenters. The molecule has 0 bridgehead atoms. The molecule has 2 heteroatoms. The van der Waals surface area contributed by atoms with E-state index in [1.807, 2.05) is 0 Å². The number of aromatic nitrogens is 1. The van der Waals surface area contributed by atoms with E-state index in [-0.39, 0.29) is 0 Å². The highest BCUT2D eigenvalue weighted by Crippen LogP contribution is 2.26. The monoisotopic (exact) mass is 187 g/mol. The van der Waals surface area contributed by atoms with Crippen LogP contribution in [0, 0.1) is 6.92 Å².